The average Bonchev–Trinajstić information content (AvgIpc) is 2.25. The first kappa shape index (κ1) is 16.7. The van der Waals surface area contributed by atoms with Crippen molar-refractivity contribution in [3.63, 3.8) is 0 Å². The Kier molecular flexibility index (Phi) is 15.8. The largest absolute Gasteiger partial charge is 0.346 e. The Morgan fingerprint density at radius 3 is 2.43 bits per heavy atom. The molecule has 1 unspecified atom stereocenters. The Morgan fingerprint density at radius 1 is 1.43 bits per heavy atom. The molecule has 0 saturated carbocycles. The second-order valence-corrected chi connectivity index (χ2v) is 5.24. The van der Waals surface area contributed by atoms with E-state index in [1.54, 1.807) is 4.90 Å². The number of carbonyl (C=O) groups excluding carboxylic acids is 1. The van der Waals surface area contributed by atoms with Crippen LogP contribution in [0.3, 0.4) is 0 Å². The second kappa shape index (κ2) is 13.2. The molecule has 0 aromatic rings. The molecule has 0 saturated heterocycles. The van der Waals surface area contributed by atoms with E-state index in [0.717, 1.165) is 20.9 Å². The van der Waals surface area contributed by atoms with Gasteiger partial charge in [0.05, 0.1) is 0 Å². The van der Waals surface area contributed by atoms with E-state index in [4.69, 9.17) is 0 Å². The number of thioether (sulfide) groups is 1. The molecule has 0 rings (SSSR count). The zero-order valence-corrected chi connectivity index (χ0v) is 11.9. The first-order chi connectivity index (χ1) is 6.72. The molecule has 0 radical (unpaired) electrons. The van der Waals surface area contributed by atoms with Crippen LogP contribution in [-0.4, -0.2) is 42.3 Å². The van der Waals surface area contributed by atoms with Crippen molar-refractivity contribution in [3.05, 3.63) is 0 Å². The van der Waals surface area contributed by atoms with Gasteiger partial charge in [0.2, 0.25) is 5.91 Å². The summed E-state index contributed by atoms with van der Waals surface area (Å²) in [7, 11) is 2.85. The van der Waals surface area contributed by atoms with Gasteiger partial charge in [-0.3, -0.25) is 4.79 Å². The standard InChI is InChI=1S/C8H18NOPS.C2H6/c1-4-9(2)8(10)5-6-12-7-11-3;1-2/h11H,4-7H2,1-3H3;1-2H3. The second-order valence-electron chi connectivity index (χ2n) is 2.56. The minimum Gasteiger partial charge on any atom is -0.346 e. The zero-order chi connectivity index (χ0) is 11.4. The molecule has 0 aromatic carbocycles. The molecule has 1 amide bonds. The molecule has 0 spiro atoms. The summed E-state index contributed by atoms with van der Waals surface area (Å²) in [5.41, 5.74) is 1.20. The predicted molar refractivity (Wildman–Crippen MR) is 70.8 cm³/mol. The highest BCUT2D eigenvalue weighted by Crippen LogP contribution is 2.14. The van der Waals surface area contributed by atoms with Crippen molar-refractivity contribution in [1.29, 1.82) is 0 Å². The van der Waals surface area contributed by atoms with Crippen LogP contribution in [-0.2, 0) is 4.79 Å². The topological polar surface area (TPSA) is 20.3 Å². The van der Waals surface area contributed by atoms with Gasteiger partial charge in [0, 0.05) is 31.3 Å². The van der Waals surface area contributed by atoms with Crippen molar-refractivity contribution >= 4 is 26.2 Å². The summed E-state index contributed by atoms with van der Waals surface area (Å²) in [6, 6.07) is 0. The van der Waals surface area contributed by atoms with Gasteiger partial charge in [-0.2, -0.15) is 11.8 Å². The van der Waals surface area contributed by atoms with Crippen LogP contribution in [0, 0.1) is 0 Å². The molecule has 0 aromatic heterocycles. The summed E-state index contributed by atoms with van der Waals surface area (Å²) in [5.74, 6) is 1.24. The van der Waals surface area contributed by atoms with Crippen LogP contribution in [0.2, 0.25) is 0 Å². The lowest BCUT2D eigenvalue weighted by Crippen LogP contribution is -2.26. The molecule has 0 aliphatic carbocycles. The van der Waals surface area contributed by atoms with Gasteiger partial charge in [0.25, 0.3) is 0 Å². The molecule has 4 heteroatoms. The number of hydrogen-bond acceptors (Lipinski definition) is 2. The third kappa shape index (κ3) is 10.3. The molecule has 86 valence electrons. The van der Waals surface area contributed by atoms with E-state index in [0.29, 0.717) is 6.42 Å². The van der Waals surface area contributed by atoms with Crippen LogP contribution in [0.1, 0.15) is 27.2 Å². The normalized spacial score (nSPS) is 9.79. The van der Waals surface area contributed by atoms with E-state index in [9.17, 15) is 4.79 Å². The van der Waals surface area contributed by atoms with Crippen LogP contribution >= 0.6 is 20.3 Å². The quantitative estimate of drug-likeness (QED) is 0.523. The summed E-state index contributed by atoms with van der Waals surface area (Å²) in [4.78, 5) is 13.0. The lowest BCUT2D eigenvalue weighted by atomic mass is 10.4. The smallest absolute Gasteiger partial charge is 0.223 e. The van der Waals surface area contributed by atoms with Gasteiger partial charge < -0.3 is 4.90 Å². The van der Waals surface area contributed by atoms with Crippen molar-refractivity contribution in [1.82, 2.24) is 4.90 Å². The summed E-state index contributed by atoms with van der Waals surface area (Å²) >= 11 is 1.87. The summed E-state index contributed by atoms with van der Waals surface area (Å²) in [6.07, 6.45) is 0.694. The number of hydrogen-bond donors (Lipinski definition) is 0. The SMILES string of the molecule is CC.CCN(C)C(=O)CCSCPC. The molecule has 1 atom stereocenters. The summed E-state index contributed by atoms with van der Waals surface area (Å²) < 4.78 is 0. The van der Waals surface area contributed by atoms with Gasteiger partial charge in [-0.1, -0.05) is 13.8 Å². The van der Waals surface area contributed by atoms with Crippen LogP contribution in [0.5, 0.6) is 0 Å². The third-order valence-corrected chi connectivity index (χ3v) is 4.07. The fourth-order valence-electron chi connectivity index (χ4n) is 0.701. The molecule has 0 bridgehead atoms. The Hall–Kier alpha value is 0.250. The summed E-state index contributed by atoms with van der Waals surface area (Å²) in [6.45, 7) is 9.00. The third-order valence-electron chi connectivity index (χ3n) is 1.61. The highest BCUT2D eigenvalue weighted by molar-refractivity contribution is 8.03. The first-order valence-electron chi connectivity index (χ1n) is 5.18. The van der Waals surface area contributed by atoms with E-state index in [1.165, 1.54) is 5.49 Å². The van der Waals surface area contributed by atoms with Crippen LogP contribution in [0.15, 0.2) is 0 Å². The maximum Gasteiger partial charge on any atom is 0.223 e. The Balaban J connectivity index is 0. The Morgan fingerprint density at radius 2 is 2.00 bits per heavy atom. The fourth-order valence-corrected chi connectivity index (χ4v) is 2.41. The van der Waals surface area contributed by atoms with Crippen molar-refractivity contribution in [2.24, 2.45) is 0 Å². The molecular formula is C10H24NOPS. The van der Waals surface area contributed by atoms with E-state index in [1.807, 2.05) is 39.6 Å². The minimum atomic E-state index is 0.268. The van der Waals surface area contributed by atoms with Gasteiger partial charge in [-0.25, -0.2) is 0 Å². The number of amides is 1. The average molecular weight is 237 g/mol. The fraction of sp³-hybridized carbons (Fsp3) is 0.900. The molecule has 0 heterocycles. The minimum absolute atomic E-state index is 0.268. The molecule has 0 aliphatic heterocycles. The molecule has 2 nitrogen and oxygen atoms in total. The van der Waals surface area contributed by atoms with E-state index in [2.05, 4.69) is 6.66 Å². The number of rotatable bonds is 6. The van der Waals surface area contributed by atoms with Crippen LogP contribution in [0.25, 0.3) is 0 Å². The maximum atomic E-state index is 11.3. The van der Waals surface area contributed by atoms with Crippen LogP contribution < -0.4 is 0 Å². The first-order valence-corrected chi connectivity index (χ1v) is 8.04. The highest BCUT2D eigenvalue weighted by atomic mass is 32.2. The van der Waals surface area contributed by atoms with Crippen molar-refractivity contribution in [2.45, 2.75) is 27.2 Å². The molecule has 0 fully saturated rings. The predicted octanol–water partition coefficient (Wildman–Crippen LogP) is 2.88. The Labute approximate surface area is 95.0 Å². The molecule has 0 aliphatic rings. The summed E-state index contributed by atoms with van der Waals surface area (Å²) in [5, 5.41) is 0. The van der Waals surface area contributed by atoms with Gasteiger partial charge >= 0.3 is 0 Å². The van der Waals surface area contributed by atoms with Gasteiger partial charge in [-0.05, 0) is 13.6 Å². The van der Waals surface area contributed by atoms with E-state index >= 15 is 0 Å². The molecule has 14 heavy (non-hydrogen) atoms. The monoisotopic (exact) mass is 237 g/mol. The molecule has 0 N–H and O–H groups in total. The van der Waals surface area contributed by atoms with Gasteiger partial charge in [-0.15, -0.1) is 8.58 Å². The van der Waals surface area contributed by atoms with Crippen molar-refractivity contribution in [2.75, 3.05) is 31.5 Å². The number of nitrogens with zero attached hydrogens (tertiary/aromatic N) is 1. The van der Waals surface area contributed by atoms with E-state index < -0.39 is 0 Å². The number of carbonyl (C=O) groups is 1. The maximum absolute atomic E-state index is 11.3. The highest BCUT2D eigenvalue weighted by Gasteiger charge is 2.04. The lowest BCUT2D eigenvalue weighted by Gasteiger charge is -2.13. The molecular weight excluding hydrogens is 213 g/mol. The van der Waals surface area contributed by atoms with Crippen molar-refractivity contribution < 1.29 is 4.79 Å². The van der Waals surface area contributed by atoms with Crippen LogP contribution in [0.4, 0.5) is 0 Å². The van der Waals surface area contributed by atoms with E-state index in [-0.39, 0.29) is 5.91 Å². The van der Waals surface area contributed by atoms with Crippen molar-refractivity contribution in [3.8, 4) is 0 Å². The van der Waals surface area contributed by atoms with Gasteiger partial charge in [0.1, 0.15) is 0 Å². The van der Waals surface area contributed by atoms with Gasteiger partial charge in [0.15, 0.2) is 0 Å². The zero-order valence-electron chi connectivity index (χ0n) is 10.1. The Bertz CT molecular complexity index is 133. The lowest BCUT2D eigenvalue weighted by molar-refractivity contribution is -0.129.